The molecular weight excluding hydrogens is 470 g/mol. The molecule has 2 aromatic rings. The number of carboxylic acids is 1. The van der Waals surface area contributed by atoms with Crippen LogP contribution in [0.25, 0.3) is 0 Å². The number of nitrogens with zero attached hydrogens (tertiary/aromatic N) is 3. The minimum Gasteiger partial charge on any atom is -0.497 e. The molecule has 1 N–H and O–H groups in total. The lowest BCUT2D eigenvalue weighted by Gasteiger charge is -2.33. The van der Waals surface area contributed by atoms with Crippen molar-refractivity contribution in [3.63, 3.8) is 0 Å². The molecule has 0 amide bonds. The maximum absolute atomic E-state index is 14.2. The first-order valence-corrected chi connectivity index (χ1v) is 11.4. The first-order chi connectivity index (χ1) is 16.6. The average Bonchev–Trinajstić information content (AvgIpc) is 3.24. The Morgan fingerprint density at radius 3 is 2.54 bits per heavy atom. The van der Waals surface area contributed by atoms with E-state index in [0.29, 0.717) is 48.9 Å². The molecule has 0 aliphatic carbocycles. The molecule has 0 bridgehead atoms. The Balaban J connectivity index is 1.36. The van der Waals surface area contributed by atoms with Crippen LogP contribution in [0.3, 0.4) is 0 Å². The zero-order valence-electron chi connectivity index (χ0n) is 19.2. The number of ether oxygens (including phenoxy) is 2. The molecule has 1 aromatic heterocycles. The summed E-state index contributed by atoms with van der Waals surface area (Å²) >= 11 is 0. The lowest BCUT2D eigenvalue weighted by Crippen LogP contribution is -2.38. The highest BCUT2D eigenvalue weighted by atomic mass is 19.4. The molecule has 0 radical (unpaired) electrons. The van der Waals surface area contributed by atoms with E-state index in [1.165, 1.54) is 24.3 Å². The summed E-state index contributed by atoms with van der Waals surface area (Å²) in [7, 11) is 1.53. The van der Waals surface area contributed by atoms with Gasteiger partial charge >= 0.3 is 12.1 Å². The Morgan fingerprint density at radius 1 is 1.20 bits per heavy atom. The standard InChI is InChI=1S/C24H27F4N3O4/c1-34-19-3-4-20(25)21(12-19)30-8-6-18(7-9-30)35-22-5-2-16(13-29-22)31-14-15(24(26,27)28)10-17(31)11-23(32)33/h2-5,12-13,15,17-18H,6-11,14H2,1H3,(H,32,33)/t15-,17+/m1/s1. The van der Waals surface area contributed by atoms with Gasteiger partial charge in [0.05, 0.1) is 37.0 Å². The monoisotopic (exact) mass is 497 g/mol. The number of halogens is 4. The molecule has 35 heavy (non-hydrogen) atoms. The van der Waals surface area contributed by atoms with E-state index in [4.69, 9.17) is 14.6 Å². The zero-order chi connectivity index (χ0) is 25.2. The van der Waals surface area contributed by atoms with Gasteiger partial charge in [-0.1, -0.05) is 0 Å². The first-order valence-electron chi connectivity index (χ1n) is 11.4. The maximum Gasteiger partial charge on any atom is 0.393 e. The van der Waals surface area contributed by atoms with Crippen molar-refractivity contribution in [2.75, 3.05) is 36.5 Å². The molecule has 0 saturated carbocycles. The van der Waals surface area contributed by atoms with Gasteiger partial charge in [0.1, 0.15) is 17.7 Å². The number of rotatable bonds is 7. The summed E-state index contributed by atoms with van der Waals surface area (Å²) in [6.45, 7) is 0.856. The van der Waals surface area contributed by atoms with Gasteiger partial charge in [-0.25, -0.2) is 9.37 Å². The van der Waals surface area contributed by atoms with Crippen LogP contribution in [-0.4, -0.2) is 61.1 Å². The molecule has 0 spiro atoms. The maximum atomic E-state index is 14.2. The molecule has 1 aromatic carbocycles. The van der Waals surface area contributed by atoms with Crippen molar-refractivity contribution in [1.82, 2.24) is 4.98 Å². The lowest BCUT2D eigenvalue weighted by molar-refractivity contribution is -0.169. The van der Waals surface area contributed by atoms with Crippen molar-refractivity contribution in [1.29, 1.82) is 0 Å². The molecule has 2 aliphatic heterocycles. The molecule has 2 saturated heterocycles. The van der Waals surface area contributed by atoms with Crippen LogP contribution in [0, 0.1) is 11.7 Å². The highest BCUT2D eigenvalue weighted by Crippen LogP contribution is 2.40. The number of methoxy groups -OCH3 is 1. The molecule has 7 nitrogen and oxygen atoms in total. The topological polar surface area (TPSA) is 75.1 Å². The van der Waals surface area contributed by atoms with Gasteiger partial charge in [0.25, 0.3) is 0 Å². The van der Waals surface area contributed by atoms with Crippen molar-refractivity contribution in [3.8, 4) is 11.6 Å². The van der Waals surface area contributed by atoms with Gasteiger partial charge in [-0.15, -0.1) is 0 Å². The second-order valence-electron chi connectivity index (χ2n) is 8.85. The number of aromatic nitrogens is 1. The molecule has 2 atom stereocenters. The van der Waals surface area contributed by atoms with Crippen molar-refractivity contribution in [2.24, 2.45) is 5.92 Å². The predicted molar refractivity (Wildman–Crippen MR) is 121 cm³/mol. The number of piperidine rings is 1. The third-order valence-corrected chi connectivity index (χ3v) is 6.56. The summed E-state index contributed by atoms with van der Waals surface area (Å²) in [4.78, 5) is 18.8. The number of carboxylic acid groups (broad SMARTS) is 1. The number of hydrogen-bond acceptors (Lipinski definition) is 6. The minimum absolute atomic E-state index is 0.139. The van der Waals surface area contributed by atoms with E-state index >= 15 is 0 Å². The van der Waals surface area contributed by atoms with E-state index in [2.05, 4.69) is 4.98 Å². The van der Waals surface area contributed by atoms with Gasteiger partial charge in [-0.3, -0.25) is 4.79 Å². The van der Waals surface area contributed by atoms with Crippen LogP contribution < -0.4 is 19.3 Å². The summed E-state index contributed by atoms with van der Waals surface area (Å²) < 4.78 is 65.1. The van der Waals surface area contributed by atoms with E-state index in [-0.39, 0.29) is 31.3 Å². The summed E-state index contributed by atoms with van der Waals surface area (Å²) in [6, 6.07) is 7.04. The van der Waals surface area contributed by atoms with Crippen LogP contribution >= 0.6 is 0 Å². The van der Waals surface area contributed by atoms with Crippen LogP contribution in [-0.2, 0) is 4.79 Å². The zero-order valence-corrected chi connectivity index (χ0v) is 19.2. The fourth-order valence-corrected chi connectivity index (χ4v) is 4.72. The summed E-state index contributed by atoms with van der Waals surface area (Å²) in [6.07, 6.45) is -2.47. The average molecular weight is 497 g/mol. The normalized spacial score (nSPS) is 21.3. The van der Waals surface area contributed by atoms with E-state index in [9.17, 15) is 22.4 Å². The fourth-order valence-electron chi connectivity index (χ4n) is 4.72. The molecule has 2 aliphatic rings. The molecule has 4 rings (SSSR count). The second kappa shape index (κ2) is 10.2. The molecule has 11 heteroatoms. The highest BCUT2D eigenvalue weighted by Gasteiger charge is 2.48. The number of alkyl halides is 3. The van der Waals surface area contributed by atoms with Crippen molar-refractivity contribution >= 4 is 17.3 Å². The number of anilines is 2. The van der Waals surface area contributed by atoms with Crippen LogP contribution in [0.2, 0.25) is 0 Å². The number of hydrogen-bond donors (Lipinski definition) is 1. The number of pyridine rings is 1. The van der Waals surface area contributed by atoms with E-state index < -0.39 is 24.1 Å². The third-order valence-electron chi connectivity index (χ3n) is 6.56. The summed E-state index contributed by atoms with van der Waals surface area (Å²) in [5, 5.41) is 9.11. The highest BCUT2D eigenvalue weighted by molar-refractivity contribution is 5.69. The van der Waals surface area contributed by atoms with Crippen LogP contribution in [0.1, 0.15) is 25.7 Å². The van der Waals surface area contributed by atoms with Crippen molar-refractivity contribution in [3.05, 3.63) is 42.3 Å². The van der Waals surface area contributed by atoms with Crippen LogP contribution in [0.5, 0.6) is 11.6 Å². The smallest absolute Gasteiger partial charge is 0.393 e. The van der Waals surface area contributed by atoms with E-state index in [1.54, 1.807) is 24.3 Å². The summed E-state index contributed by atoms with van der Waals surface area (Å²) in [5.41, 5.74) is 0.905. The lowest BCUT2D eigenvalue weighted by atomic mass is 10.0. The fraction of sp³-hybridized carbons (Fsp3) is 0.500. The van der Waals surface area contributed by atoms with Gasteiger partial charge in [0.15, 0.2) is 0 Å². The Hall–Kier alpha value is -3.24. The Bertz CT molecular complexity index is 1030. The van der Waals surface area contributed by atoms with Gasteiger partial charge < -0.3 is 24.4 Å². The van der Waals surface area contributed by atoms with E-state index in [0.717, 1.165) is 0 Å². The quantitative estimate of drug-likeness (QED) is 0.565. The van der Waals surface area contributed by atoms with Crippen molar-refractivity contribution in [2.45, 2.75) is 44.0 Å². The molecule has 3 heterocycles. The minimum atomic E-state index is -4.38. The molecule has 0 unspecified atom stereocenters. The van der Waals surface area contributed by atoms with Crippen LogP contribution in [0.4, 0.5) is 28.9 Å². The first kappa shape index (κ1) is 24.9. The number of carbonyl (C=O) groups is 1. The van der Waals surface area contributed by atoms with Crippen molar-refractivity contribution < 1.29 is 36.9 Å². The van der Waals surface area contributed by atoms with E-state index in [1.807, 2.05) is 4.90 Å². The summed E-state index contributed by atoms with van der Waals surface area (Å²) in [5.74, 6) is -2.13. The Labute approximate surface area is 200 Å². The van der Waals surface area contributed by atoms with Crippen LogP contribution in [0.15, 0.2) is 36.5 Å². The molecular formula is C24H27F4N3O4. The Morgan fingerprint density at radius 2 is 1.94 bits per heavy atom. The number of aliphatic carboxylic acids is 1. The third kappa shape index (κ3) is 5.88. The van der Waals surface area contributed by atoms with Gasteiger partial charge in [0.2, 0.25) is 5.88 Å². The second-order valence-corrected chi connectivity index (χ2v) is 8.85. The van der Waals surface area contributed by atoms with Gasteiger partial charge in [-0.2, -0.15) is 13.2 Å². The van der Waals surface area contributed by atoms with Gasteiger partial charge in [-0.05, 0) is 24.6 Å². The van der Waals surface area contributed by atoms with Gasteiger partial charge in [0, 0.05) is 50.7 Å². The number of benzene rings is 1. The molecule has 190 valence electrons. The predicted octanol–water partition coefficient (Wildman–Crippen LogP) is 4.51. The largest absolute Gasteiger partial charge is 0.497 e. The molecule has 2 fully saturated rings. The SMILES string of the molecule is COc1ccc(F)c(N2CCC(Oc3ccc(N4C[C@H](C(F)(F)F)C[C@H]4CC(=O)O)cn3)CC2)c1. The Kier molecular flexibility index (Phi) is 7.23.